The Kier molecular flexibility index (Phi) is 5.25. The minimum absolute atomic E-state index is 0.477. The maximum Gasteiger partial charge on any atom is 0.230 e. The molecule has 2 aromatic heterocycles. The van der Waals surface area contributed by atoms with E-state index in [1.54, 1.807) is 30.7 Å². The second-order valence-corrected chi connectivity index (χ2v) is 7.98. The number of ether oxygens (including phenoxy) is 1. The van der Waals surface area contributed by atoms with E-state index in [4.69, 9.17) is 4.74 Å². The molecule has 1 aliphatic rings. The smallest absolute Gasteiger partial charge is 0.230 e. The molecule has 0 radical (unpaired) electrons. The zero-order valence-corrected chi connectivity index (χ0v) is 16.7. The van der Waals surface area contributed by atoms with Crippen molar-refractivity contribution in [3.8, 4) is 16.3 Å². The van der Waals surface area contributed by atoms with Gasteiger partial charge in [0.2, 0.25) is 11.8 Å². The highest BCUT2D eigenvalue weighted by Crippen LogP contribution is 2.37. The Bertz CT molecular complexity index is 969. The van der Waals surface area contributed by atoms with E-state index >= 15 is 0 Å². The predicted molar refractivity (Wildman–Crippen MR) is 110 cm³/mol. The normalized spacial score (nSPS) is 16.0. The van der Waals surface area contributed by atoms with Crippen LogP contribution in [0.15, 0.2) is 36.7 Å². The van der Waals surface area contributed by atoms with E-state index in [-0.39, 0.29) is 0 Å². The van der Waals surface area contributed by atoms with Gasteiger partial charge in [-0.3, -0.25) is 0 Å². The van der Waals surface area contributed by atoms with Gasteiger partial charge in [0.1, 0.15) is 10.6 Å². The Labute approximate surface area is 167 Å². The lowest BCUT2D eigenvalue weighted by Crippen LogP contribution is -2.39. The molecule has 7 nitrogen and oxygen atoms in total. The number of hydrogen-bond donors (Lipinski definition) is 3. The van der Waals surface area contributed by atoms with Gasteiger partial charge in [0, 0.05) is 24.1 Å². The van der Waals surface area contributed by atoms with Gasteiger partial charge >= 0.3 is 0 Å². The van der Waals surface area contributed by atoms with Gasteiger partial charge in [-0.2, -0.15) is 4.98 Å². The lowest BCUT2D eigenvalue weighted by molar-refractivity contribution is 0.00575. The highest BCUT2D eigenvalue weighted by Gasteiger charge is 2.34. The highest BCUT2D eigenvalue weighted by atomic mass is 32.1. The molecule has 0 unspecified atom stereocenters. The number of rotatable bonds is 5. The number of hydrogen-bond acceptors (Lipinski definition) is 8. The Morgan fingerprint density at radius 3 is 2.82 bits per heavy atom. The van der Waals surface area contributed by atoms with Crippen LogP contribution >= 0.6 is 11.3 Å². The standard InChI is InChI=1S/C20H23N5O2S/c1-13-9-14(11-15(10-13)24-19-22-6-3-17(25-19)27-2)16-12-23-18(28-16)20(26)4-7-21-8-5-20/h3,6,9-12,21,26H,4-5,7-8H2,1-2H3,(H,22,24,25). The first-order valence-corrected chi connectivity index (χ1v) is 10.0. The van der Waals surface area contributed by atoms with Crippen LogP contribution in [-0.2, 0) is 5.60 Å². The summed E-state index contributed by atoms with van der Waals surface area (Å²) in [6, 6.07) is 7.90. The van der Waals surface area contributed by atoms with Gasteiger partial charge in [0.05, 0.1) is 12.0 Å². The van der Waals surface area contributed by atoms with Crippen LogP contribution in [0, 0.1) is 6.92 Å². The Balaban J connectivity index is 1.60. The summed E-state index contributed by atoms with van der Waals surface area (Å²) in [5, 5.41) is 18.2. The Hall–Kier alpha value is -2.55. The zero-order valence-electron chi connectivity index (χ0n) is 15.9. The highest BCUT2D eigenvalue weighted by molar-refractivity contribution is 7.15. The molecule has 3 heterocycles. The molecule has 0 bridgehead atoms. The Morgan fingerprint density at radius 2 is 2.04 bits per heavy atom. The average Bonchev–Trinajstić information content (AvgIpc) is 3.20. The van der Waals surface area contributed by atoms with Crippen LogP contribution in [0.4, 0.5) is 11.6 Å². The van der Waals surface area contributed by atoms with Crippen molar-refractivity contribution >= 4 is 23.0 Å². The molecule has 146 valence electrons. The van der Waals surface area contributed by atoms with E-state index < -0.39 is 5.60 Å². The van der Waals surface area contributed by atoms with Crippen molar-refractivity contribution < 1.29 is 9.84 Å². The molecule has 8 heteroatoms. The molecule has 1 fully saturated rings. The first-order valence-electron chi connectivity index (χ1n) is 9.21. The van der Waals surface area contributed by atoms with Crippen LogP contribution < -0.4 is 15.4 Å². The van der Waals surface area contributed by atoms with Crippen molar-refractivity contribution in [1.29, 1.82) is 0 Å². The van der Waals surface area contributed by atoms with Crippen molar-refractivity contribution in [3.05, 3.63) is 47.2 Å². The molecule has 4 rings (SSSR count). The van der Waals surface area contributed by atoms with Gasteiger partial charge in [-0.05, 0) is 56.1 Å². The van der Waals surface area contributed by atoms with Crippen LogP contribution in [0.5, 0.6) is 5.88 Å². The number of thiazole rings is 1. The molecule has 0 amide bonds. The lowest BCUT2D eigenvalue weighted by Gasteiger charge is -2.30. The summed E-state index contributed by atoms with van der Waals surface area (Å²) in [6.07, 6.45) is 4.88. The minimum atomic E-state index is -0.826. The molecule has 3 N–H and O–H groups in total. The molecule has 1 aromatic carbocycles. The predicted octanol–water partition coefficient (Wildman–Crippen LogP) is 3.23. The number of aryl methyl sites for hydroxylation is 1. The number of aliphatic hydroxyl groups is 1. The number of aromatic nitrogens is 3. The van der Waals surface area contributed by atoms with Crippen molar-refractivity contribution in [1.82, 2.24) is 20.3 Å². The van der Waals surface area contributed by atoms with Crippen molar-refractivity contribution in [2.24, 2.45) is 0 Å². The lowest BCUT2D eigenvalue weighted by atomic mass is 9.93. The fourth-order valence-electron chi connectivity index (χ4n) is 3.32. The molecule has 0 spiro atoms. The number of benzene rings is 1. The van der Waals surface area contributed by atoms with E-state index in [0.717, 1.165) is 39.8 Å². The third kappa shape index (κ3) is 3.99. The maximum absolute atomic E-state index is 10.9. The molecule has 0 atom stereocenters. The molecule has 0 aliphatic carbocycles. The minimum Gasteiger partial charge on any atom is -0.481 e. The number of piperidine rings is 1. The average molecular weight is 398 g/mol. The molecule has 3 aromatic rings. The van der Waals surface area contributed by atoms with Gasteiger partial charge in [-0.15, -0.1) is 11.3 Å². The maximum atomic E-state index is 10.9. The molecule has 1 saturated heterocycles. The zero-order chi connectivity index (χ0) is 19.6. The van der Waals surface area contributed by atoms with Gasteiger partial charge in [-0.25, -0.2) is 9.97 Å². The van der Waals surface area contributed by atoms with Crippen molar-refractivity contribution in [3.63, 3.8) is 0 Å². The molecule has 1 aliphatic heterocycles. The van der Waals surface area contributed by atoms with Crippen LogP contribution in [-0.4, -0.2) is 40.3 Å². The summed E-state index contributed by atoms with van der Waals surface area (Å²) in [5.74, 6) is 0.984. The summed E-state index contributed by atoms with van der Waals surface area (Å²) in [5.41, 5.74) is 2.22. The van der Waals surface area contributed by atoms with E-state index in [2.05, 4.69) is 31.7 Å². The SMILES string of the molecule is COc1ccnc(Nc2cc(C)cc(-c3cnc(C4(O)CCNCC4)s3)c2)n1. The summed E-state index contributed by atoms with van der Waals surface area (Å²) in [4.78, 5) is 14.1. The summed E-state index contributed by atoms with van der Waals surface area (Å²) < 4.78 is 5.15. The van der Waals surface area contributed by atoms with Gasteiger partial charge in [-0.1, -0.05) is 6.07 Å². The first-order chi connectivity index (χ1) is 13.6. The van der Waals surface area contributed by atoms with Crippen LogP contribution in [0.25, 0.3) is 10.4 Å². The number of nitrogens with one attached hydrogen (secondary N) is 2. The molecular formula is C20H23N5O2S. The number of methoxy groups -OCH3 is 1. The fourth-order valence-corrected chi connectivity index (χ4v) is 4.37. The second kappa shape index (κ2) is 7.83. The molecule has 0 saturated carbocycles. The van der Waals surface area contributed by atoms with Crippen molar-refractivity contribution in [2.45, 2.75) is 25.4 Å². The van der Waals surface area contributed by atoms with Crippen molar-refractivity contribution in [2.75, 3.05) is 25.5 Å². The van der Waals surface area contributed by atoms with E-state index in [1.807, 2.05) is 25.3 Å². The fraction of sp³-hybridized carbons (Fsp3) is 0.350. The number of anilines is 2. The van der Waals surface area contributed by atoms with Gasteiger partial charge in [0.15, 0.2) is 0 Å². The largest absolute Gasteiger partial charge is 0.481 e. The van der Waals surface area contributed by atoms with E-state index in [9.17, 15) is 5.11 Å². The van der Waals surface area contributed by atoms with Crippen LogP contribution in [0.2, 0.25) is 0 Å². The third-order valence-corrected chi connectivity index (χ3v) is 6.03. The third-order valence-electron chi connectivity index (χ3n) is 4.79. The quantitative estimate of drug-likeness (QED) is 0.609. The monoisotopic (exact) mass is 397 g/mol. The van der Waals surface area contributed by atoms with Gasteiger partial charge < -0.3 is 20.5 Å². The molecular weight excluding hydrogens is 374 g/mol. The summed E-state index contributed by atoms with van der Waals surface area (Å²) in [7, 11) is 1.58. The van der Waals surface area contributed by atoms with E-state index in [0.29, 0.717) is 24.7 Å². The van der Waals surface area contributed by atoms with Gasteiger partial charge in [0.25, 0.3) is 0 Å². The first kappa shape index (κ1) is 18.8. The van der Waals surface area contributed by atoms with Crippen LogP contribution in [0.3, 0.4) is 0 Å². The summed E-state index contributed by atoms with van der Waals surface area (Å²) in [6.45, 7) is 3.67. The van der Waals surface area contributed by atoms with Crippen LogP contribution in [0.1, 0.15) is 23.4 Å². The number of nitrogens with zero attached hydrogens (tertiary/aromatic N) is 3. The second-order valence-electron chi connectivity index (χ2n) is 6.95. The van der Waals surface area contributed by atoms with E-state index in [1.165, 1.54) is 0 Å². The Morgan fingerprint density at radius 1 is 1.21 bits per heavy atom. The summed E-state index contributed by atoms with van der Waals surface area (Å²) >= 11 is 1.55. The molecule has 28 heavy (non-hydrogen) atoms. The topological polar surface area (TPSA) is 92.2 Å².